The maximum Gasteiger partial charge on any atom is 0.312 e. The van der Waals surface area contributed by atoms with Crippen LogP contribution < -0.4 is 21.1 Å². The van der Waals surface area contributed by atoms with Gasteiger partial charge in [0.1, 0.15) is 5.75 Å². The van der Waals surface area contributed by atoms with Gasteiger partial charge in [-0.15, -0.1) is 0 Å². The van der Waals surface area contributed by atoms with Gasteiger partial charge in [0.2, 0.25) is 5.91 Å². The molecule has 0 aliphatic rings. The van der Waals surface area contributed by atoms with Crippen LogP contribution in [-0.2, 0) is 11.2 Å². The zero-order valence-corrected chi connectivity index (χ0v) is 15.0. The van der Waals surface area contributed by atoms with Crippen molar-refractivity contribution < 1.29 is 14.3 Å². The molecule has 4 N–H and O–H groups in total. The van der Waals surface area contributed by atoms with Gasteiger partial charge in [0, 0.05) is 30.6 Å². The SMILES string of the molecule is COc1ccc(NC(=O)CCCCNC(N)=O)cc1Cc1ccccc1. The van der Waals surface area contributed by atoms with Gasteiger partial charge in [-0.05, 0) is 36.6 Å². The van der Waals surface area contributed by atoms with Crippen LogP contribution in [0.15, 0.2) is 48.5 Å². The first kappa shape index (κ1) is 19.3. The molecule has 138 valence electrons. The maximum atomic E-state index is 12.1. The Bertz CT molecular complexity index is 732. The van der Waals surface area contributed by atoms with Crippen molar-refractivity contribution in [2.24, 2.45) is 5.73 Å². The molecular weight excluding hydrogens is 330 g/mol. The summed E-state index contributed by atoms with van der Waals surface area (Å²) in [6.45, 7) is 0.479. The van der Waals surface area contributed by atoms with Gasteiger partial charge < -0.3 is 21.1 Å². The molecule has 2 aromatic carbocycles. The van der Waals surface area contributed by atoms with E-state index in [2.05, 4.69) is 22.8 Å². The highest BCUT2D eigenvalue weighted by Crippen LogP contribution is 2.25. The summed E-state index contributed by atoms with van der Waals surface area (Å²) in [6, 6.07) is 15.2. The van der Waals surface area contributed by atoms with E-state index in [1.165, 1.54) is 5.56 Å². The van der Waals surface area contributed by atoms with Crippen molar-refractivity contribution in [3.63, 3.8) is 0 Å². The molecule has 6 nitrogen and oxygen atoms in total. The number of primary amides is 1. The number of benzene rings is 2. The van der Waals surface area contributed by atoms with E-state index >= 15 is 0 Å². The number of rotatable bonds is 9. The molecule has 0 heterocycles. The number of nitrogens with one attached hydrogen (secondary N) is 2. The Morgan fingerprint density at radius 2 is 1.85 bits per heavy atom. The smallest absolute Gasteiger partial charge is 0.312 e. The molecule has 0 aliphatic carbocycles. The van der Waals surface area contributed by atoms with Gasteiger partial charge in [-0.3, -0.25) is 4.79 Å². The van der Waals surface area contributed by atoms with Crippen LogP contribution >= 0.6 is 0 Å². The highest BCUT2D eigenvalue weighted by Gasteiger charge is 2.08. The average Bonchev–Trinajstić information content (AvgIpc) is 2.62. The van der Waals surface area contributed by atoms with Crippen LogP contribution in [0.4, 0.5) is 10.5 Å². The second kappa shape index (κ2) is 10.1. The van der Waals surface area contributed by atoms with Crippen molar-refractivity contribution in [3.05, 3.63) is 59.7 Å². The Kier molecular flexibility index (Phi) is 7.49. The van der Waals surface area contributed by atoms with E-state index in [4.69, 9.17) is 10.5 Å². The summed E-state index contributed by atoms with van der Waals surface area (Å²) in [5.41, 5.74) is 7.93. The number of anilines is 1. The molecule has 0 aromatic heterocycles. The van der Waals surface area contributed by atoms with Crippen LogP contribution in [-0.4, -0.2) is 25.6 Å². The van der Waals surface area contributed by atoms with E-state index in [0.717, 1.165) is 23.4 Å². The Hall–Kier alpha value is -3.02. The van der Waals surface area contributed by atoms with Gasteiger partial charge in [0.15, 0.2) is 0 Å². The van der Waals surface area contributed by atoms with Crippen LogP contribution in [0.3, 0.4) is 0 Å². The molecule has 0 bridgehead atoms. The number of urea groups is 1. The first-order chi connectivity index (χ1) is 12.6. The topological polar surface area (TPSA) is 93.4 Å². The zero-order valence-electron chi connectivity index (χ0n) is 15.0. The molecule has 0 unspecified atom stereocenters. The summed E-state index contributed by atoms with van der Waals surface area (Å²) in [4.78, 5) is 22.7. The van der Waals surface area contributed by atoms with Crippen molar-refractivity contribution in [3.8, 4) is 5.75 Å². The Balaban J connectivity index is 1.91. The summed E-state index contributed by atoms with van der Waals surface area (Å²) in [5.74, 6) is 0.740. The molecule has 2 rings (SSSR count). The van der Waals surface area contributed by atoms with Gasteiger partial charge in [0.05, 0.1) is 7.11 Å². The third-order valence-corrected chi connectivity index (χ3v) is 3.93. The summed E-state index contributed by atoms with van der Waals surface area (Å²) < 4.78 is 5.43. The van der Waals surface area contributed by atoms with Crippen molar-refractivity contribution in [1.29, 1.82) is 0 Å². The van der Waals surface area contributed by atoms with Gasteiger partial charge in [-0.2, -0.15) is 0 Å². The van der Waals surface area contributed by atoms with Gasteiger partial charge >= 0.3 is 6.03 Å². The number of amides is 3. The molecule has 0 saturated heterocycles. The van der Waals surface area contributed by atoms with Crippen molar-refractivity contribution >= 4 is 17.6 Å². The maximum absolute atomic E-state index is 12.1. The molecule has 26 heavy (non-hydrogen) atoms. The number of methoxy groups -OCH3 is 1. The standard InChI is InChI=1S/C20H25N3O3/c1-26-18-11-10-17(14-16(18)13-15-7-3-2-4-8-15)23-19(24)9-5-6-12-22-20(21)25/h2-4,7-8,10-11,14H,5-6,9,12-13H2,1H3,(H,23,24)(H3,21,22,25). The van der Waals surface area contributed by atoms with Gasteiger partial charge in [-0.1, -0.05) is 30.3 Å². The lowest BCUT2D eigenvalue weighted by atomic mass is 10.0. The second-order valence-electron chi connectivity index (χ2n) is 5.99. The third-order valence-electron chi connectivity index (χ3n) is 3.93. The summed E-state index contributed by atoms with van der Waals surface area (Å²) in [5, 5.41) is 5.42. The largest absolute Gasteiger partial charge is 0.496 e. The fraction of sp³-hybridized carbons (Fsp3) is 0.300. The van der Waals surface area contributed by atoms with Crippen LogP contribution in [0.5, 0.6) is 5.75 Å². The fourth-order valence-electron chi connectivity index (χ4n) is 2.66. The molecule has 0 fully saturated rings. The Morgan fingerprint density at radius 3 is 2.54 bits per heavy atom. The number of carbonyl (C=O) groups excluding carboxylic acids is 2. The second-order valence-corrected chi connectivity index (χ2v) is 5.99. The van der Waals surface area contributed by atoms with Crippen molar-refractivity contribution in [1.82, 2.24) is 5.32 Å². The number of nitrogens with two attached hydrogens (primary N) is 1. The number of ether oxygens (including phenoxy) is 1. The van der Waals surface area contributed by atoms with E-state index in [0.29, 0.717) is 25.8 Å². The molecule has 2 aromatic rings. The number of hydrogen-bond acceptors (Lipinski definition) is 3. The number of carbonyl (C=O) groups is 2. The minimum absolute atomic E-state index is 0.0556. The quantitative estimate of drug-likeness (QED) is 0.604. The highest BCUT2D eigenvalue weighted by molar-refractivity contribution is 5.90. The van der Waals surface area contributed by atoms with E-state index in [1.54, 1.807) is 7.11 Å². The van der Waals surface area contributed by atoms with Crippen LogP contribution in [0, 0.1) is 0 Å². The fourth-order valence-corrected chi connectivity index (χ4v) is 2.66. The highest BCUT2D eigenvalue weighted by atomic mass is 16.5. The zero-order chi connectivity index (χ0) is 18.8. The minimum atomic E-state index is -0.543. The van der Waals surface area contributed by atoms with Crippen LogP contribution in [0.1, 0.15) is 30.4 Å². The molecule has 6 heteroatoms. The van der Waals surface area contributed by atoms with Crippen molar-refractivity contribution in [2.45, 2.75) is 25.7 Å². The molecule has 0 aliphatic heterocycles. The predicted octanol–water partition coefficient (Wildman–Crippen LogP) is 3.06. The summed E-state index contributed by atoms with van der Waals surface area (Å²) >= 11 is 0. The molecule has 0 saturated carbocycles. The lowest BCUT2D eigenvalue weighted by Crippen LogP contribution is -2.30. The monoisotopic (exact) mass is 355 g/mol. The summed E-state index contributed by atoms with van der Waals surface area (Å²) in [7, 11) is 1.64. The lowest BCUT2D eigenvalue weighted by Gasteiger charge is -2.12. The van der Waals surface area contributed by atoms with Crippen molar-refractivity contribution in [2.75, 3.05) is 19.0 Å². The lowest BCUT2D eigenvalue weighted by molar-refractivity contribution is -0.116. The van der Waals surface area contributed by atoms with E-state index in [1.807, 2.05) is 36.4 Å². The predicted molar refractivity (Wildman–Crippen MR) is 102 cm³/mol. The molecule has 0 spiro atoms. The van der Waals surface area contributed by atoms with E-state index < -0.39 is 6.03 Å². The first-order valence-electron chi connectivity index (χ1n) is 8.62. The average molecular weight is 355 g/mol. The normalized spacial score (nSPS) is 10.2. The van der Waals surface area contributed by atoms with E-state index in [9.17, 15) is 9.59 Å². The number of unbranched alkanes of at least 4 members (excludes halogenated alkanes) is 1. The molecule has 0 radical (unpaired) electrons. The van der Waals surface area contributed by atoms with Gasteiger partial charge in [0.25, 0.3) is 0 Å². The Morgan fingerprint density at radius 1 is 1.08 bits per heavy atom. The third kappa shape index (κ3) is 6.47. The molecule has 0 atom stereocenters. The first-order valence-corrected chi connectivity index (χ1v) is 8.62. The minimum Gasteiger partial charge on any atom is -0.496 e. The van der Waals surface area contributed by atoms with E-state index in [-0.39, 0.29) is 5.91 Å². The summed E-state index contributed by atoms with van der Waals surface area (Å²) in [6.07, 6.45) is 2.50. The molecule has 3 amide bonds. The molecular formula is C20H25N3O3. The van der Waals surface area contributed by atoms with Gasteiger partial charge in [-0.25, -0.2) is 4.79 Å². The van der Waals surface area contributed by atoms with Crippen LogP contribution in [0.2, 0.25) is 0 Å². The number of hydrogen-bond donors (Lipinski definition) is 3. The van der Waals surface area contributed by atoms with Crippen LogP contribution in [0.25, 0.3) is 0 Å². The Labute approximate surface area is 153 Å².